The SMILES string of the molecule is ON(O)CCc1ccc(COc2cc(F)ccn2)cc1. The summed E-state index contributed by atoms with van der Waals surface area (Å²) >= 11 is 0. The van der Waals surface area contributed by atoms with Gasteiger partial charge in [-0.1, -0.05) is 29.5 Å². The lowest BCUT2D eigenvalue weighted by atomic mass is 10.1. The molecule has 2 rings (SSSR count). The van der Waals surface area contributed by atoms with Crippen LogP contribution in [0.15, 0.2) is 42.6 Å². The third kappa shape index (κ3) is 4.58. The van der Waals surface area contributed by atoms with E-state index in [0.717, 1.165) is 11.1 Å². The van der Waals surface area contributed by atoms with Crippen LogP contribution in [0.3, 0.4) is 0 Å². The smallest absolute Gasteiger partial charge is 0.216 e. The summed E-state index contributed by atoms with van der Waals surface area (Å²) in [6.45, 7) is 0.436. The third-order valence-electron chi connectivity index (χ3n) is 2.71. The van der Waals surface area contributed by atoms with Crippen LogP contribution in [0.1, 0.15) is 11.1 Å². The molecular formula is C14H15FN2O3. The van der Waals surface area contributed by atoms with Crippen LogP contribution in [0.5, 0.6) is 5.88 Å². The van der Waals surface area contributed by atoms with Crippen molar-refractivity contribution in [3.05, 3.63) is 59.5 Å². The molecule has 0 saturated heterocycles. The summed E-state index contributed by atoms with van der Waals surface area (Å²) in [6.07, 6.45) is 1.88. The van der Waals surface area contributed by atoms with Crippen molar-refractivity contribution >= 4 is 0 Å². The zero-order valence-corrected chi connectivity index (χ0v) is 10.7. The van der Waals surface area contributed by atoms with E-state index in [1.54, 1.807) is 0 Å². The topological polar surface area (TPSA) is 65.8 Å². The van der Waals surface area contributed by atoms with Gasteiger partial charge in [0, 0.05) is 12.3 Å². The van der Waals surface area contributed by atoms with Gasteiger partial charge in [0.25, 0.3) is 0 Å². The van der Waals surface area contributed by atoms with Gasteiger partial charge in [-0.25, -0.2) is 9.37 Å². The standard InChI is InChI=1S/C14H15FN2O3/c15-13-5-7-16-14(9-13)20-10-12-3-1-11(2-4-12)6-8-17(18)19/h1-5,7,9,18-19H,6,8,10H2. The van der Waals surface area contributed by atoms with Crippen molar-refractivity contribution in [2.45, 2.75) is 13.0 Å². The monoisotopic (exact) mass is 278 g/mol. The van der Waals surface area contributed by atoms with E-state index in [4.69, 9.17) is 15.2 Å². The van der Waals surface area contributed by atoms with Gasteiger partial charge in [-0.3, -0.25) is 10.4 Å². The summed E-state index contributed by atoms with van der Waals surface area (Å²) in [6, 6.07) is 9.97. The fourth-order valence-corrected chi connectivity index (χ4v) is 1.65. The Kier molecular flexibility index (Phi) is 5.00. The molecule has 106 valence electrons. The molecule has 1 aromatic heterocycles. The number of pyridine rings is 1. The Morgan fingerprint density at radius 2 is 1.80 bits per heavy atom. The molecular weight excluding hydrogens is 263 g/mol. The molecule has 6 heteroatoms. The van der Waals surface area contributed by atoms with Crippen LogP contribution in [-0.2, 0) is 13.0 Å². The van der Waals surface area contributed by atoms with E-state index in [1.807, 2.05) is 24.3 Å². The molecule has 1 heterocycles. The maximum Gasteiger partial charge on any atom is 0.216 e. The molecule has 0 unspecified atom stereocenters. The highest BCUT2D eigenvalue weighted by Crippen LogP contribution is 2.11. The third-order valence-corrected chi connectivity index (χ3v) is 2.71. The number of halogens is 1. The van der Waals surface area contributed by atoms with Gasteiger partial charge in [-0.15, -0.1) is 0 Å². The lowest BCUT2D eigenvalue weighted by molar-refractivity contribution is -0.305. The quantitative estimate of drug-likeness (QED) is 0.794. The fourth-order valence-electron chi connectivity index (χ4n) is 1.65. The van der Waals surface area contributed by atoms with E-state index in [1.165, 1.54) is 18.3 Å². The average Bonchev–Trinajstić information content (AvgIpc) is 2.44. The molecule has 0 amide bonds. The molecule has 0 saturated carbocycles. The van der Waals surface area contributed by atoms with Crippen LogP contribution >= 0.6 is 0 Å². The first-order chi connectivity index (χ1) is 9.63. The summed E-state index contributed by atoms with van der Waals surface area (Å²) in [5.74, 6) is -0.145. The molecule has 2 N–H and O–H groups in total. The maximum absolute atomic E-state index is 12.9. The highest BCUT2D eigenvalue weighted by Gasteiger charge is 2.01. The zero-order chi connectivity index (χ0) is 14.4. The molecule has 5 nitrogen and oxygen atoms in total. The van der Waals surface area contributed by atoms with Gasteiger partial charge in [-0.2, -0.15) is 0 Å². The van der Waals surface area contributed by atoms with Crippen molar-refractivity contribution in [1.82, 2.24) is 10.2 Å². The van der Waals surface area contributed by atoms with Crippen molar-refractivity contribution in [2.75, 3.05) is 6.54 Å². The Morgan fingerprint density at radius 3 is 2.45 bits per heavy atom. The van der Waals surface area contributed by atoms with E-state index < -0.39 is 0 Å². The van der Waals surface area contributed by atoms with E-state index in [0.29, 0.717) is 13.0 Å². The van der Waals surface area contributed by atoms with Gasteiger partial charge in [0.2, 0.25) is 5.88 Å². The molecule has 0 aliphatic carbocycles. The normalized spacial score (nSPS) is 10.8. The van der Waals surface area contributed by atoms with E-state index in [9.17, 15) is 4.39 Å². The van der Waals surface area contributed by atoms with Gasteiger partial charge >= 0.3 is 0 Å². The van der Waals surface area contributed by atoms with Crippen molar-refractivity contribution in [3.63, 3.8) is 0 Å². The molecule has 0 aliphatic heterocycles. The van der Waals surface area contributed by atoms with E-state index in [2.05, 4.69) is 4.98 Å². The second kappa shape index (κ2) is 6.95. The maximum atomic E-state index is 12.9. The zero-order valence-electron chi connectivity index (χ0n) is 10.7. The van der Waals surface area contributed by atoms with E-state index >= 15 is 0 Å². The molecule has 0 fully saturated rings. The van der Waals surface area contributed by atoms with Crippen molar-refractivity contribution in [2.24, 2.45) is 0 Å². The molecule has 0 aliphatic rings. The minimum atomic E-state index is -0.386. The summed E-state index contributed by atoms with van der Waals surface area (Å²) in [5.41, 5.74) is 1.90. The van der Waals surface area contributed by atoms with Crippen LogP contribution in [0.4, 0.5) is 4.39 Å². The highest BCUT2D eigenvalue weighted by atomic mass is 19.1. The predicted molar refractivity (Wildman–Crippen MR) is 69.0 cm³/mol. The Labute approximate surface area is 115 Å². The minimum Gasteiger partial charge on any atom is -0.473 e. The largest absolute Gasteiger partial charge is 0.473 e. The number of hydrogen-bond donors (Lipinski definition) is 2. The first-order valence-electron chi connectivity index (χ1n) is 6.11. The molecule has 1 aromatic carbocycles. The van der Waals surface area contributed by atoms with Crippen molar-refractivity contribution in [3.8, 4) is 5.88 Å². The van der Waals surface area contributed by atoms with Crippen LogP contribution in [0.2, 0.25) is 0 Å². The van der Waals surface area contributed by atoms with Crippen LogP contribution in [0.25, 0.3) is 0 Å². The highest BCUT2D eigenvalue weighted by molar-refractivity contribution is 5.23. The Hall–Kier alpha value is -2.02. The van der Waals surface area contributed by atoms with Crippen molar-refractivity contribution < 1.29 is 19.5 Å². The summed E-state index contributed by atoms with van der Waals surface area (Å²) in [4.78, 5) is 3.90. The summed E-state index contributed by atoms with van der Waals surface area (Å²) in [7, 11) is 0. The summed E-state index contributed by atoms with van der Waals surface area (Å²) < 4.78 is 18.3. The molecule has 0 radical (unpaired) electrons. The molecule has 0 spiro atoms. The van der Waals surface area contributed by atoms with Crippen LogP contribution in [0, 0.1) is 5.82 Å². The van der Waals surface area contributed by atoms with Crippen LogP contribution in [-0.4, -0.2) is 27.2 Å². The Bertz CT molecular complexity index is 546. The molecule has 0 bridgehead atoms. The van der Waals surface area contributed by atoms with E-state index in [-0.39, 0.29) is 23.5 Å². The second-order valence-corrected chi connectivity index (χ2v) is 4.26. The Morgan fingerprint density at radius 1 is 1.10 bits per heavy atom. The average molecular weight is 278 g/mol. The second-order valence-electron chi connectivity index (χ2n) is 4.26. The molecule has 20 heavy (non-hydrogen) atoms. The number of ether oxygens (including phenoxy) is 1. The van der Waals surface area contributed by atoms with Gasteiger partial charge in [0.05, 0.1) is 6.54 Å². The predicted octanol–water partition coefficient (Wildman–Crippen LogP) is 2.42. The van der Waals surface area contributed by atoms with Gasteiger partial charge in [0.1, 0.15) is 12.4 Å². The number of nitrogens with zero attached hydrogens (tertiary/aromatic N) is 2. The Balaban J connectivity index is 1.87. The van der Waals surface area contributed by atoms with Crippen LogP contribution < -0.4 is 4.74 Å². The molecule has 2 aromatic rings. The fraction of sp³-hybridized carbons (Fsp3) is 0.214. The molecule has 0 atom stereocenters. The number of hydrogen-bond acceptors (Lipinski definition) is 5. The minimum absolute atomic E-state index is 0.142. The van der Waals surface area contributed by atoms with Crippen molar-refractivity contribution in [1.29, 1.82) is 0 Å². The number of rotatable bonds is 6. The van der Waals surface area contributed by atoms with Gasteiger partial charge in [0.15, 0.2) is 0 Å². The van der Waals surface area contributed by atoms with Gasteiger partial charge < -0.3 is 4.74 Å². The first kappa shape index (κ1) is 14.4. The number of aromatic nitrogens is 1. The lowest BCUT2D eigenvalue weighted by Gasteiger charge is -2.08. The first-order valence-corrected chi connectivity index (χ1v) is 6.11. The van der Waals surface area contributed by atoms with Gasteiger partial charge in [-0.05, 0) is 23.6 Å². The summed E-state index contributed by atoms with van der Waals surface area (Å²) in [5, 5.41) is 17.4. The number of benzene rings is 1. The number of hydroxylamine groups is 2. The lowest BCUT2D eigenvalue weighted by Crippen LogP contribution is -2.16.